The van der Waals surface area contributed by atoms with Crippen LogP contribution in [0.5, 0.6) is 0 Å². The Morgan fingerprint density at radius 3 is 2.52 bits per heavy atom. The monoisotopic (exact) mass is 339 g/mol. The fraction of sp³-hybridized carbons (Fsp3) is 0.381. The summed E-state index contributed by atoms with van der Waals surface area (Å²) in [6, 6.07) is 14.5. The van der Waals surface area contributed by atoms with Crippen LogP contribution in [-0.2, 0) is 16.9 Å². The normalized spacial score (nSPS) is 19.5. The number of quaternary nitrogens is 1. The molecule has 0 saturated carbocycles. The molecule has 2 aromatic carbocycles. The van der Waals surface area contributed by atoms with Gasteiger partial charge in [-0.2, -0.15) is 5.26 Å². The van der Waals surface area contributed by atoms with Crippen LogP contribution < -0.4 is 0 Å². The number of nitrogens with zero attached hydrogens (tertiary/aromatic N) is 2. The fourth-order valence-corrected chi connectivity index (χ4v) is 3.57. The molecule has 1 atom stereocenters. The van der Waals surface area contributed by atoms with Gasteiger partial charge in [0.15, 0.2) is 0 Å². The first kappa shape index (κ1) is 17.6. The van der Waals surface area contributed by atoms with Gasteiger partial charge in [-0.1, -0.05) is 18.2 Å². The van der Waals surface area contributed by atoms with E-state index in [0.717, 1.165) is 40.6 Å². The smallest absolute Gasteiger partial charge is 0.123 e. The molecule has 1 aliphatic heterocycles. The molecule has 0 bridgehead atoms. The zero-order chi connectivity index (χ0) is 18.1. The van der Waals surface area contributed by atoms with Crippen molar-refractivity contribution < 1.29 is 13.6 Å². The Hall–Kier alpha value is -2.22. The summed E-state index contributed by atoms with van der Waals surface area (Å²) in [5.41, 5.74) is 3.20. The van der Waals surface area contributed by atoms with Crippen molar-refractivity contribution in [2.24, 2.45) is 0 Å². The predicted octanol–water partition coefficient (Wildman–Crippen LogP) is 3.96. The Balaban J connectivity index is 2.00. The molecule has 2 aromatic rings. The number of hydrogen-bond acceptors (Lipinski definition) is 2. The highest BCUT2D eigenvalue weighted by Crippen LogP contribution is 2.45. The number of ether oxygens (including phenoxy) is 1. The molecule has 0 radical (unpaired) electrons. The summed E-state index contributed by atoms with van der Waals surface area (Å²) in [6.45, 7) is 1.50. The average Bonchev–Trinajstić information content (AvgIpc) is 2.93. The maximum Gasteiger partial charge on any atom is 0.123 e. The third-order valence-corrected chi connectivity index (χ3v) is 4.81. The van der Waals surface area contributed by atoms with Crippen molar-refractivity contribution in [2.75, 3.05) is 27.7 Å². The lowest BCUT2D eigenvalue weighted by Crippen LogP contribution is -2.37. The summed E-state index contributed by atoms with van der Waals surface area (Å²) in [6.07, 6.45) is 1.81. The largest absolute Gasteiger partial charge is 0.361 e. The van der Waals surface area contributed by atoms with E-state index in [2.05, 4.69) is 27.2 Å². The van der Waals surface area contributed by atoms with Gasteiger partial charge in [0.1, 0.15) is 11.4 Å². The van der Waals surface area contributed by atoms with Gasteiger partial charge in [-0.3, -0.25) is 0 Å². The van der Waals surface area contributed by atoms with Crippen LogP contribution in [0.2, 0.25) is 0 Å². The number of rotatable bonds is 5. The van der Waals surface area contributed by atoms with E-state index < -0.39 is 5.60 Å². The van der Waals surface area contributed by atoms with Crippen LogP contribution >= 0.6 is 0 Å². The molecule has 0 saturated heterocycles. The molecular weight excluding hydrogens is 315 g/mol. The summed E-state index contributed by atoms with van der Waals surface area (Å²) in [4.78, 5) is 0. The zero-order valence-electron chi connectivity index (χ0n) is 15.1. The van der Waals surface area contributed by atoms with Crippen LogP contribution in [0.3, 0.4) is 0 Å². The summed E-state index contributed by atoms with van der Waals surface area (Å²) in [5.74, 6) is -0.247. The van der Waals surface area contributed by atoms with Crippen LogP contribution in [0.25, 0.3) is 0 Å². The van der Waals surface area contributed by atoms with E-state index in [1.807, 2.05) is 30.3 Å². The Kier molecular flexibility index (Phi) is 4.64. The molecule has 0 aliphatic carbocycles. The van der Waals surface area contributed by atoms with E-state index >= 15 is 0 Å². The van der Waals surface area contributed by atoms with E-state index in [-0.39, 0.29) is 5.82 Å². The minimum atomic E-state index is -0.563. The Labute approximate surface area is 148 Å². The van der Waals surface area contributed by atoms with E-state index in [0.29, 0.717) is 12.2 Å². The van der Waals surface area contributed by atoms with E-state index in [4.69, 9.17) is 10.00 Å². The molecule has 0 fully saturated rings. The molecule has 4 heteroatoms. The molecule has 25 heavy (non-hydrogen) atoms. The van der Waals surface area contributed by atoms with Gasteiger partial charge in [0.05, 0.1) is 45.9 Å². The summed E-state index contributed by atoms with van der Waals surface area (Å²) in [7, 11) is 6.52. The van der Waals surface area contributed by atoms with Gasteiger partial charge in [0, 0.05) is 0 Å². The van der Waals surface area contributed by atoms with Crippen molar-refractivity contribution >= 4 is 0 Å². The second-order valence-electron chi connectivity index (χ2n) is 7.72. The first-order valence-corrected chi connectivity index (χ1v) is 8.58. The lowest BCUT2D eigenvalue weighted by molar-refractivity contribution is -0.870. The Bertz CT molecular complexity index is 802. The fourth-order valence-electron chi connectivity index (χ4n) is 3.57. The lowest BCUT2D eigenvalue weighted by Gasteiger charge is -2.32. The predicted molar refractivity (Wildman–Crippen MR) is 95.3 cm³/mol. The SMILES string of the molecule is C[N+](C)(C)CCC[C@]1(c2ccc(F)cc2)OCc2cc(C#N)ccc21. The van der Waals surface area contributed by atoms with Crippen molar-refractivity contribution in [3.63, 3.8) is 0 Å². The van der Waals surface area contributed by atoms with Gasteiger partial charge in [0.25, 0.3) is 0 Å². The van der Waals surface area contributed by atoms with Crippen molar-refractivity contribution in [3.05, 3.63) is 70.5 Å². The second kappa shape index (κ2) is 6.59. The van der Waals surface area contributed by atoms with Gasteiger partial charge >= 0.3 is 0 Å². The molecule has 1 heterocycles. The highest BCUT2D eigenvalue weighted by molar-refractivity contribution is 5.47. The van der Waals surface area contributed by atoms with Gasteiger partial charge in [-0.05, 0) is 53.8 Å². The van der Waals surface area contributed by atoms with Gasteiger partial charge < -0.3 is 9.22 Å². The Morgan fingerprint density at radius 2 is 1.88 bits per heavy atom. The highest BCUT2D eigenvalue weighted by atomic mass is 19.1. The summed E-state index contributed by atoms with van der Waals surface area (Å²) >= 11 is 0. The molecule has 1 aliphatic rings. The average molecular weight is 339 g/mol. The molecule has 3 nitrogen and oxygen atoms in total. The highest BCUT2D eigenvalue weighted by Gasteiger charge is 2.41. The lowest BCUT2D eigenvalue weighted by atomic mass is 9.81. The van der Waals surface area contributed by atoms with Crippen molar-refractivity contribution in [2.45, 2.75) is 25.0 Å². The first-order valence-electron chi connectivity index (χ1n) is 8.58. The molecular formula is C21H24FN2O+. The van der Waals surface area contributed by atoms with E-state index in [1.165, 1.54) is 12.1 Å². The standard InChI is InChI=1S/C21H24FN2O/c1-24(2,3)12-4-11-21(18-6-8-19(22)9-7-18)20-10-5-16(14-23)13-17(20)15-25-21/h5-10,13H,4,11-12,15H2,1-3H3/q+1/t21-/m1/s1. The molecule has 130 valence electrons. The van der Waals surface area contributed by atoms with Crippen LogP contribution in [0.4, 0.5) is 4.39 Å². The van der Waals surface area contributed by atoms with Crippen molar-refractivity contribution in [1.29, 1.82) is 5.26 Å². The van der Waals surface area contributed by atoms with Crippen molar-refractivity contribution in [3.8, 4) is 6.07 Å². The van der Waals surface area contributed by atoms with E-state index in [1.54, 1.807) is 0 Å². The van der Waals surface area contributed by atoms with Gasteiger partial charge in [-0.25, -0.2) is 4.39 Å². The van der Waals surface area contributed by atoms with Crippen LogP contribution in [0.15, 0.2) is 42.5 Å². The second-order valence-corrected chi connectivity index (χ2v) is 7.72. The van der Waals surface area contributed by atoms with Gasteiger partial charge in [-0.15, -0.1) is 0 Å². The number of halogens is 1. The molecule has 0 unspecified atom stereocenters. The van der Waals surface area contributed by atoms with Crippen LogP contribution in [0, 0.1) is 17.1 Å². The molecule has 0 N–H and O–H groups in total. The number of benzene rings is 2. The number of hydrogen-bond donors (Lipinski definition) is 0. The number of fused-ring (bicyclic) bond motifs is 1. The molecule has 0 aromatic heterocycles. The van der Waals surface area contributed by atoms with E-state index in [9.17, 15) is 4.39 Å². The maximum absolute atomic E-state index is 13.4. The summed E-state index contributed by atoms with van der Waals surface area (Å²) in [5, 5.41) is 9.14. The zero-order valence-corrected chi connectivity index (χ0v) is 15.1. The first-order chi connectivity index (χ1) is 11.8. The quantitative estimate of drug-likeness (QED) is 0.773. The molecule has 0 amide bonds. The Morgan fingerprint density at radius 1 is 1.16 bits per heavy atom. The topological polar surface area (TPSA) is 33.0 Å². The molecule has 3 rings (SSSR count). The van der Waals surface area contributed by atoms with Gasteiger partial charge in [0.2, 0.25) is 0 Å². The minimum absolute atomic E-state index is 0.247. The van der Waals surface area contributed by atoms with Crippen LogP contribution in [-0.4, -0.2) is 32.2 Å². The number of nitriles is 1. The molecule has 0 spiro atoms. The third-order valence-electron chi connectivity index (χ3n) is 4.81. The maximum atomic E-state index is 13.4. The summed E-state index contributed by atoms with van der Waals surface area (Å²) < 4.78 is 20.6. The third kappa shape index (κ3) is 3.58. The van der Waals surface area contributed by atoms with Crippen molar-refractivity contribution in [1.82, 2.24) is 0 Å². The van der Waals surface area contributed by atoms with Crippen LogP contribution in [0.1, 0.15) is 35.1 Å². The minimum Gasteiger partial charge on any atom is -0.361 e.